The number of nitrogens with zero attached hydrogens (tertiary/aromatic N) is 1. The molecular weight excluding hydrogens is 374 g/mol. The Morgan fingerprint density at radius 2 is 1.76 bits per heavy atom. The van der Waals surface area contributed by atoms with Crippen LogP contribution in [0.4, 0.5) is 13.2 Å². The van der Waals surface area contributed by atoms with Gasteiger partial charge in [-0.05, 0) is 48.4 Å². The molecular formula is C18H12Cl2F3NO. The third-order valence-electron chi connectivity index (χ3n) is 3.66. The molecule has 0 N–H and O–H groups in total. The first kappa shape index (κ1) is 17.8. The summed E-state index contributed by atoms with van der Waals surface area (Å²) in [6, 6.07) is 11.0. The van der Waals surface area contributed by atoms with E-state index in [0.717, 1.165) is 17.2 Å². The molecule has 0 bridgehead atoms. The Labute approximate surface area is 152 Å². The molecule has 0 aliphatic carbocycles. The first-order valence-electron chi connectivity index (χ1n) is 7.29. The number of fused-ring (bicyclic) bond motifs is 1. The van der Waals surface area contributed by atoms with Crippen LogP contribution in [0.5, 0.6) is 5.75 Å². The first-order valence-corrected chi connectivity index (χ1v) is 8.05. The Balaban J connectivity index is 1.86. The van der Waals surface area contributed by atoms with Gasteiger partial charge in [-0.15, -0.1) is 0 Å². The zero-order valence-electron chi connectivity index (χ0n) is 13.0. The molecule has 3 rings (SSSR count). The average molecular weight is 386 g/mol. The minimum absolute atomic E-state index is 0.00226. The molecule has 7 heteroatoms. The van der Waals surface area contributed by atoms with E-state index in [4.69, 9.17) is 27.9 Å². The molecule has 0 aliphatic heterocycles. The normalized spacial score (nSPS) is 11.8. The number of alkyl halides is 3. The molecule has 3 aromatic rings. The second-order valence-electron chi connectivity index (χ2n) is 5.54. The monoisotopic (exact) mass is 385 g/mol. The lowest BCUT2D eigenvalue weighted by atomic mass is 10.1. The highest BCUT2D eigenvalue weighted by Crippen LogP contribution is 2.33. The lowest BCUT2D eigenvalue weighted by Gasteiger charge is -2.11. The van der Waals surface area contributed by atoms with E-state index < -0.39 is 11.9 Å². The molecule has 0 fully saturated rings. The van der Waals surface area contributed by atoms with Crippen molar-refractivity contribution in [1.82, 2.24) is 4.98 Å². The number of aromatic nitrogens is 1. The lowest BCUT2D eigenvalue weighted by molar-refractivity contribution is -0.140. The van der Waals surface area contributed by atoms with Gasteiger partial charge >= 0.3 is 6.18 Å². The standard InChI is InChI=1S/C18H12Cl2F3NO/c1-10-2-4-12(7-14(10)19)25-9-11-3-5-16-13(6-11)15(20)8-17(24-16)18(21,22)23/h2-8H,9H2,1H3. The van der Waals surface area contributed by atoms with Crippen LogP contribution in [-0.4, -0.2) is 4.98 Å². The molecule has 25 heavy (non-hydrogen) atoms. The van der Waals surface area contributed by atoms with Gasteiger partial charge in [0.15, 0.2) is 0 Å². The Morgan fingerprint density at radius 1 is 1.00 bits per heavy atom. The molecule has 2 aromatic carbocycles. The second-order valence-corrected chi connectivity index (χ2v) is 6.35. The maximum atomic E-state index is 12.8. The van der Waals surface area contributed by atoms with Gasteiger partial charge in [-0.1, -0.05) is 35.3 Å². The molecule has 130 valence electrons. The summed E-state index contributed by atoms with van der Waals surface area (Å²) in [7, 11) is 0. The Morgan fingerprint density at radius 3 is 2.44 bits per heavy atom. The molecule has 1 heterocycles. The molecule has 0 radical (unpaired) electrons. The summed E-state index contributed by atoms with van der Waals surface area (Å²) in [5, 5.41) is 1.04. The van der Waals surface area contributed by atoms with Crippen LogP contribution in [0, 0.1) is 6.92 Å². The minimum Gasteiger partial charge on any atom is -0.489 e. The van der Waals surface area contributed by atoms with Gasteiger partial charge in [-0.3, -0.25) is 0 Å². The fourth-order valence-electron chi connectivity index (χ4n) is 2.30. The number of pyridine rings is 1. The molecule has 1 aromatic heterocycles. The predicted octanol–water partition coefficient (Wildman–Crippen LogP) is 6.45. The Kier molecular flexibility index (Phi) is 4.80. The summed E-state index contributed by atoms with van der Waals surface area (Å²) >= 11 is 12.0. The van der Waals surface area contributed by atoms with Crippen LogP contribution in [0.3, 0.4) is 0 Å². The highest BCUT2D eigenvalue weighted by molar-refractivity contribution is 6.35. The summed E-state index contributed by atoms with van der Waals surface area (Å²) < 4.78 is 44.0. The van der Waals surface area contributed by atoms with E-state index in [0.29, 0.717) is 16.2 Å². The van der Waals surface area contributed by atoms with E-state index in [2.05, 4.69) is 4.98 Å². The summed E-state index contributed by atoms with van der Waals surface area (Å²) in [5.74, 6) is 0.604. The third-order valence-corrected chi connectivity index (χ3v) is 4.38. The molecule has 0 unspecified atom stereocenters. The van der Waals surface area contributed by atoms with Crippen molar-refractivity contribution in [2.24, 2.45) is 0 Å². The van der Waals surface area contributed by atoms with E-state index in [1.54, 1.807) is 24.3 Å². The number of rotatable bonds is 3. The van der Waals surface area contributed by atoms with Crippen molar-refractivity contribution in [3.63, 3.8) is 0 Å². The van der Waals surface area contributed by atoms with Crippen molar-refractivity contribution in [3.05, 3.63) is 69.3 Å². The van der Waals surface area contributed by atoms with Gasteiger partial charge in [0.2, 0.25) is 0 Å². The smallest absolute Gasteiger partial charge is 0.433 e. The van der Waals surface area contributed by atoms with Crippen LogP contribution in [0.1, 0.15) is 16.8 Å². The van der Waals surface area contributed by atoms with Gasteiger partial charge in [0, 0.05) is 10.4 Å². The van der Waals surface area contributed by atoms with Crippen LogP contribution in [-0.2, 0) is 12.8 Å². The fourth-order valence-corrected chi connectivity index (χ4v) is 2.72. The van der Waals surface area contributed by atoms with Crippen molar-refractivity contribution in [1.29, 1.82) is 0 Å². The molecule has 0 aliphatic rings. The van der Waals surface area contributed by atoms with E-state index in [1.165, 1.54) is 6.07 Å². The largest absolute Gasteiger partial charge is 0.489 e. The first-order chi connectivity index (χ1) is 11.7. The number of benzene rings is 2. The third kappa shape index (κ3) is 3.99. The molecule has 0 saturated heterocycles. The number of ether oxygens (including phenoxy) is 1. The van der Waals surface area contributed by atoms with Gasteiger partial charge in [0.25, 0.3) is 0 Å². The highest BCUT2D eigenvalue weighted by atomic mass is 35.5. The van der Waals surface area contributed by atoms with Crippen LogP contribution in [0.25, 0.3) is 10.9 Å². The van der Waals surface area contributed by atoms with Crippen LogP contribution in [0.2, 0.25) is 10.0 Å². The van der Waals surface area contributed by atoms with Gasteiger partial charge < -0.3 is 4.74 Å². The van der Waals surface area contributed by atoms with Crippen LogP contribution >= 0.6 is 23.2 Å². The van der Waals surface area contributed by atoms with Crippen molar-refractivity contribution in [2.45, 2.75) is 19.7 Å². The molecule has 0 atom stereocenters. The summed E-state index contributed by atoms with van der Waals surface area (Å²) in [4.78, 5) is 3.62. The van der Waals surface area contributed by atoms with Gasteiger partial charge in [0.1, 0.15) is 18.1 Å². The average Bonchev–Trinajstić information content (AvgIpc) is 2.55. The van der Waals surface area contributed by atoms with Crippen LogP contribution in [0.15, 0.2) is 42.5 Å². The number of hydrogen-bond donors (Lipinski definition) is 0. The summed E-state index contributed by atoms with van der Waals surface area (Å²) in [6.07, 6.45) is -4.54. The zero-order chi connectivity index (χ0) is 18.2. The fraction of sp³-hybridized carbons (Fsp3) is 0.167. The SMILES string of the molecule is Cc1ccc(OCc2ccc3nc(C(F)(F)F)cc(Cl)c3c2)cc1Cl. The summed E-state index contributed by atoms with van der Waals surface area (Å²) in [5.41, 5.74) is 0.871. The number of aryl methyl sites for hydroxylation is 1. The molecule has 0 saturated carbocycles. The van der Waals surface area contributed by atoms with Gasteiger partial charge in [-0.25, -0.2) is 4.98 Å². The minimum atomic E-state index is -4.54. The van der Waals surface area contributed by atoms with Crippen molar-refractivity contribution < 1.29 is 17.9 Å². The molecule has 2 nitrogen and oxygen atoms in total. The van der Waals surface area contributed by atoms with Crippen LogP contribution < -0.4 is 4.74 Å². The van der Waals surface area contributed by atoms with Crippen molar-refractivity contribution in [2.75, 3.05) is 0 Å². The van der Waals surface area contributed by atoms with E-state index in [9.17, 15) is 13.2 Å². The second kappa shape index (κ2) is 6.73. The quantitative estimate of drug-likeness (QED) is 0.516. The molecule has 0 spiro atoms. The van der Waals surface area contributed by atoms with E-state index in [1.807, 2.05) is 13.0 Å². The highest BCUT2D eigenvalue weighted by Gasteiger charge is 2.33. The maximum absolute atomic E-state index is 12.8. The van der Waals surface area contributed by atoms with Gasteiger partial charge in [0.05, 0.1) is 10.5 Å². The van der Waals surface area contributed by atoms with Crippen molar-refractivity contribution in [3.8, 4) is 5.75 Å². The number of halogens is 5. The predicted molar refractivity (Wildman–Crippen MR) is 92.3 cm³/mol. The van der Waals surface area contributed by atoms with E-state index in [-0.39, 0.29) is 17.1 Å². The van der Waals surface area contributed by atoms with E-state index >= 15 is 0 Å². The van der Waals surface area contributed by atoms with Crippen molar-refractivity contribution >= 4 is 34.1 Å². The number of hydrogen-bond acceptors (Lipinski definition) is 2. The Bertz CT molecular complexity index is 941. The lowest BCUT2D eigenvalue weighted by Crippen LogP contribution is -2.08. The van der Waals surface area contributed by atoms with Gasteiger partial charge in [-0.2, -0.15) is 13.2 Å². The molecule has 0 amide bonds. The summed E-state index contributed by atoms with van der Waals surface area (Å²) in [6.45, 7) is 2.12. The topological polar surface area (TPSA) is 22.1 Å². The maximum Gasteiger partial charge on any atom is 0.433 e. The zero-order valence-corrected chi connectivity index (χ0v) is 14.5. The Hall–Kier alpha value is -1.98.